The molecule has 3 rings (SSSR count). The summed E-state index contributed by atoms with van der Waals surface area (Å²) in [5.41, 5.74) is 4.41. The topological polar surface area (TPSA) is 64.0 Å². The molecule has 1 N–H and O–H groups in total. The summed E-state index contributed by atoms with van der Waals surface area (Å²) >= 11 is 6.01. The third-order valence-corrected chi connectivity index (χ3v) is 6.80. The lowest BCUT2D eigenvalue weighted by Crippen LogP contribution is -2.18. The average molecular weight is 382 g/mol. The SMILES string of the molecule is Cc1nn(C2CCS(=O)(=O)C2)c(C)c1CNCCc1cccc(Cl)c1. The van der Waals surface area contributed by atoms with Crippen molar-refractivity contribution in [2.75, 3.05) is 18.1 Å². The van der Waals surface area contributed by atoms with Crippen LogP contribution >= 0.6 is 11.6 Å². The van der Waals surface area contributed by atoms with E-state index in [1.807, 2.05) is 36.7 Å². The van der Waals surface area contributed by atoms with Crippen LogP contribution in [0.4, 0.5) is 0 Å². The lowest BCUT2D eigenvalue weighted by molar-refractivity contribution is 0.485. The van der Waals surface area contributed by atoms with Crippen LogP contribution in [-0.4, -0.2) is 36.2 Å². The molecule has 1 unspecified atom stereocenters. The number of nitrogens with one attached hydrogen (secondary N) is 1. The van der Waals surface area contributed by atoms with Crippen molar-refractivity contribution < 1.29 is 8.42 Å². The first-order valence-electron chi connectivity index (χ1n) is 8.56. The van der Waals surface area contributed by atoms with E-state index < -0.39 is 9.84 Å². The number of benzene rings is 1. The zero-order valence-electron chi connectivity index (χ0n) is 14.6. The number of aryl methyl sites for hydroxylation is 1. The summed E-state index contributed by atoms with van der Waals surface area (Å²) in [6.07, 6.45) is 1.57. The molecule has 7 heteroatoms. The van der Waals surface area contributed by atoms with Gasteiger partial charge in [0.05, 0.1) is 23.2 Å². The normalized spacial score (nSPS) is 19.4. The second kappa shape index (κ2) is 7.48. The van der Waals surface area contributed by atoms with Gasteiger partial charge in [-0.3, -0.25) is 4.68 Å². The van der Waals surface area contributed by atoms with Crippen LogP contribution in [0.25, 0.3) is 0 Å². The molecule has 0 spiro atoms. The molecule has 0 saturated carbocycles. The molecule has 2 heterocycles. The third kappa shape index (κ3) is 4.43. The minimum absolute atomic E-state index is 0.0242. The van der Waals surface area contributed by atoms with E-state index in [2.05, 4.69) is 16.5 Å². The highest BCUT2D eigenvalue weighted by atomic mass is 35.5. The molecule has 25 heavy (non-hydrogen) atoms. The number of halogens is 1. The number of aromatic nitrogens is 2. The van der Waals surface area contributed by atoms with E-state index >= 15 is 0 Å². The Morgan fingerprint density at radius 1 is 1.36 bits per heavy atom. The summed E-state index contributed by atoms with van der Waals surface area (Å²) in [4.78, 5) is 0. The van der Waals surface area contributed by atoms with Gasteiger partial charge in [-0.25, -0.2) is 8.42 Å². The Morgan fingerprint density at radius 3 is 2.84 bits per heavy atom. The van der Waals surface area contributed by atoms with Gasteiger partial charge < -0.3 is 5.32 Å². The van der Waals surface area contributed by atoms with Gasteiger partial charge >= 0.3 is 0 Å². The number of hydrogen-bond acceptors (Lipinski definition) is 4. The Balaban J connectivity index is 1.60. The van der Waals surface area contributed by atoms with Gasteiger partial charge in [0, 0.05) is 22.8 Å². The summed E-state index contributed by atoms with van der Waals surface area (Å²) in [6.45, 7) is 5.60. The largest absolute Gasteiger partial charge is 0.312 e. The van der Waals surface area contributed by atoms with Gasteiger partial charge in [-0.1, -0.05) is 23.7 Å². The van der Waals surface area contributed by atoms with E-state index in [-0.39, 0.29) is 17.5 Å². The molecule has 0 amide bonds. The van der Waals surface area contributed by atoms with Crippen molar-refractivity contribution in [2.45, 2.75) is 39.3 Å². The molecular weight excluding hydrogens is 358 g/mol. The van der Waals surface area contributed by atoms with Gasteiger partial charge in [-0.2, -0.15) is 5.10 Å². The first-order chi connectivity index (χ1) is 11.9. The van der Waals surface area contributed by atoms with Gasteiger partial charge in [0.25, 0.3) is 0 Å². The zero-order valence-corrected chi connectivity index (χ0v) is 16.2. The highest BCUT2D eigenvalue weighted by molar-refractivity contribution is 7.91. The van der Waals surface area contributed by atoms with Gasteiger partial charge in [-0.15, -0.1) is 0 Å². The van der Waals surface area contributed by atoms with Crippen molar-refractivity contribution in [1.29, 1.82) is 0 Å². The highest BCUT2D eigenvalue weighted by Crippen LogP contribution is 2.26. The van der Waals surface area contributed by atoms with Crippen LogP contribution in [0.5, 0.6) is 0 Å². The Morgan fingerprint density at radius 2 is 2.16 bits per heavy atom. The van der Waals surface area contributed by atoms with Crippen LogP contribution in [0.15, 0.2) is 24.3 Å². The fourth-order valence-corrected chi connectivity index (χ4v) is 5.32. The lowest BCUT2D eigenvalue weighted by atomic mass is 10.1. The summed E-state index contributed by atoms with van der Waals surface area (Å²) in [5, 5.41) is 8.82. The van der Waals surface area contributed by atoms with Crippen molar-refractivity contribution >= 4 is 21.4 Å². The van der Waals surface area contributed by atoms with Crippen LogP contribution in [0.3, 0.4) is 0 Å². The van der Waals surface area contributed by atoms with Crippen LogP contribution in [0, 0.1) is 13.8 Å². The number of sulfone groups is 1. The number of hydrogen-bond donors (Lipinski definition) is 1. The summed E-state index contributed by atoms with van der Waals surface area (Å²) in [6, 6.07) is 7.87. The average Bonchev–Trinajstić information content (AvgIpc) is 3.04. The second-order valence-electron chi connectivity index (χ2n) is 6.71. The smallest absolute Gasteiger partial charge is 0.152 e. The molecule has 1 aromatic carbocycles. The fourth-order valence-electron chi connectivity index (χ4n) is 3.42. The quantitative estimate of drug-likeness (QED) is 0.781. The number of nitrogens with zero attached hydrogens (tertiary/aromatic N) is 2. The monoisotopic (exact) mass is 381 g/mol. The maximum absolute atomic E-state index is 11.7. The van der Waals surface area contributed by atoms with Crippen molar-refractivity contribution in [2.24, 2.45) is 0 Å². The Hall–Kier alpha value is -1.37. The predicted octanol–water partition coefficient (Wildman–Crippen LogP) is 2.85. The van der Waals surface area contributed by atoms with E-state index in [0.29, 0.717) is 6.42 Å². The standard InChI is InChI=1S/C18H24ClN3O2S/c1-13-18(11-20-8-6-15-4-3-5-16(19)10-15)14(2)22(21-13)17-7-9-25(23,24)12-17/h3-5,10,17,20H,6-9,11-12H2,1-2H3. The van der Waals surface area contributed by atoms with Crippen molar-refractivity contribution in [3.63, 3.8) is 0 Å². The van der Waals surface area contributed by atoms with Crippen molar-refractivity contribution in [3.8, 4) is 0 Å². The minimum atomic E-state index is -2.91. The van der Waals surface area contributed by atoms with E-state index in [9.17, 15) is 8.42 Å². The molecule has 1 aromatic heterocycles. The van der Waals surface area contributed by atoms with Crippen LogP contribution in [0.2, 0.25) is 5.02 Å². The van der Waals surface area contributed by atoms with Crippen LogP contribution in [-0.2, 0) is 22.8 Å². The predicted molar refractivity (Wildman–Crippen MR) is 101 cm³/mol. The van der Waals surface area contributed by atoms with Gasteiger partial charge in [0.2, 0.25) is 0 Å². The number of rotatable bonds is 6. The summed E-state index contributed by atoms with van der Waals surface area (Å²) < 4.78 is 25.4. The van der Waals surface area contributed by atoms with Gasteiger partial charge in [-0.05, 0) is 50.9 Å². The molecule has 1 atom stereocenters. The van der Waals surface area contributed by atoms with Crippen LogP contribution in [0.1, 0.15) is 35.0 Å². The molecule has 1 fully saturated rings. The molecule has 5 nitrogen and oxygen atoms in total. The molecule has 136 valence electrons. The molecule has 1 aliphatic heterocycles. The lowest BCUT2D eigenvalue weighted by Gasteiger charge is -2.12. The zero-order chi connectivity index (χ0) is 18.0. The van der Waals surface area contributed by atoms with Crippen molar-refractivity contribution in [3.05, 3.63) is 51.8 Å². The minimum Gasteiger partial charge on any atom is -0.312 e. The molecule has 0 bridgehead atoms. The molecular formula is C18H24ClN3O2S. The third-order valence-electron chi connectivity index (χ3n) is 4.81. The first-order valence-corrected chi connectivity index (χ1v) is 10.8. The molecule has 2 aromatic rings. The maximum atomic E-state index is 11.7. The second-order valence-corrected chi connectivity index (χ2v) is 9.37. The van der Waals surface area contributed by atoms with Crippen LogP contribution < -0.4 is 5.32 Å². The first kappa shape index (κ1) is 18.4. The molecule has 1 saturated heterocycles. The summed E-state index contributed by atoms with van der Waals surface area (Å²) in [7, 11) is -2.91. The van der Waals surface area contributed by atoms with E-state index in [4.69, 9.17) is 11.6 Å². The highest BCUT2D eigenvalue weighted by Gasteiger charge is 2.31. The van der Waals surface area contributed by atoms with Gasteiger partial charge in [0.1, 0.15) is 0 Å². The molecule has 0 aliphatic carbocycles. The molecule has 1 aliphatic rings. The maximum Gasteiger partial charge on any atom is 0.152 e. The molecule has 0 radical (unpaired) electrons. The Bertz CT molecular complexity index is 861. The van der Waals surface area contributed by atoms with Gasteiger partial charge in [0.15, 0.2) is 9.84 Å². The van der Waals surface area contributed by atoms with E-state index in [0.717, 1.165) is 41.5 Å². The Kier molecular flexibility index (Phi) is 5.51. The fraction of sp³-hybridized carbons (Fsp3) is 0.500. The van der Waals surface area contributed by atoms with E-state index in [1.54, 1.807) is 0 Å². The Labute approximate surface area is 154 Å². The van der Waals surface area contributed by atoms with E-state index in [1.165, 1.54) is 5.56 Å². The summed E-state index contributed by atoms with van der Waals surface area (Å²) in [5.74, 6) is 0.472. The van der Waals surface area contributed by atoms with Crippen molar-refractivity contribution in [1.82, 2.24) is 15.1 Å².